The molecule has 1 aliphatic rings. The first kappa shape index (κ1) is 20.2. The Kier molecular flexibility index (Phi) is 5.82. The van der Waals surface area contributed by atoms with Crippen LogP contribution in [0.4, 0.5) is 0 Å². The Labute approximate surface area is 176 Å². The lowest BCUT2D eigenvalue weighted by Crippen LogP contribution is -2.25. The monoisotopic (exact) mass is 492 g/mol. The summed E-state index contributed by atoms with van der Waals surface area (Å²) < 4.78 is 12.5. The summed E-state index contributed by atoms with van der Waals surface area (Å²) in [4.78, 5) is 13.0. The van der Waals surface area contributed by atoms with E-state index < -0.39 is 5.41 Å². The van der Waals surface area contributed by atoms with E-state index in [0.29, 0.717) is 24.4 Å². The second-order valence-electron chi connectivity index (χ2n) is 7.51. The summed E-state index contributed by atoms with van der Waals surface area (Å²) in [6.07, 6.45) is 5.52. The highest BCUT2D eigenvalue weighted by molar-refractivity contribution is 9.28. The van der Waals surface area contributed by atoms with Gasteiger partial charge < -0.3 is 9.15 Å². The van der Waals surface area contributed by atoms with Crippen molar-refractivity contribution in [2.75, 3.05) is 0 Å². The number of furan rings is 1. The molecule has 3 nitrogen and oxygen atoms in total. The largest absolute Gasteiger partial charge is 0.461 e. The number of rotatable bonds is 7. The van der Waals surface area contributed by atoms with E-state index >= 15 is 0 Å². The Morgan fingerprint density at radius 1 is 1.30 bits per heavy atom. The Hall–Kier alpha value is -1.59. The molecule has 1 aliphatic carbocycles. The Bertz CT molecular complexity index is 876. The van der Waals surface area contributed by atoms with Gasteiger partial charge in [-0.25, -0.2) is 0 Å². The van der Waals surface area contributed by atoms with Crippen molar-refractivity contribution in [2.45, 2.75) is 33.1 Å². The van der Waals surface area contributed by atoms with E-state index in [1.807, 2.05) is 42.5 Å². The number of ether oxygens (including phenoxy) is 1. The van der Waals surface area contributed by atoms with Crippen molar-refractivity contribution in [3.8, 4) is 5.75 Å². The zero-order chi connectivity index (χ0) is 19.7. The Balaban J connectivity index is 1.84. The molecule has 1 fully saturated rings. The van der Waals surface area contributed by atoms with Gasteiger partial charge in [-0.2, -0.15) is 0 Å². The number of allylic oxidation sites excluding steroid dienone is 1. The van der Waals surface area contributed by atoms with Crippen molar-refractivity contribution in [3.63, 3.8) is 0 Å². The summed E-state index contributed by atoms with van der Waals surface area (Å²) in [5.41, 5.74) is 0.351. The quantitative estimate of drug-likeness (QED) is 0.324. The van der Waals surface area contributed by atoms with Gasteiger partial charge in [-0.1, -0.05) is 50.3 Å². The maximum atomic E-state index is 13.0. The van der Waals surface area contributed by atoms with Gasteiger partial charge >= 0.3 is 5.97 Å². The maximum Gasteiger partial charge on any atom is 0.322 e. The minimum absolute atomic E-state index is 0.147. The number of hydrogen-bond donors (Lipinski definition) is 0. The molecule has 0 amide bonds. The topological polar surface area (TPSA) is 39.4 Å². The van der Waals surface area contributed by atoms with Crippen LogP contribution in [0.1, 0.15) is 37.4 Å². The molecular formula is C22H22Br2O3. The highest BCUT2D eigenvalue weighted by Crippen LogP contribution is 2.65. The fraction of sp³-hybridized carbons (Fsp3) is 0.318. The third-order valence-electron chi connectivity index (χ3n) is 5.10. The highest BCUT2D eigenvalue weighted by Gasteiger charge is 2.66. The number of carbonyl (C=O) groups excluding carboxylic acids is 1. The molecule has 27 heavy (non-hydrogen) atoms. The molecule has 1 atom stereocenters. The molecule has 142 valence electrons. The lowest BCUT2D eigenvalue weighted by molar-refractivity contribution is -0.139. The Morgan fingerprint density at radius 3 is 2.52 bits per heavy atom. The van der Waals surface area contributed by atoms with Gasteiger partial charge in [0.15, 0.2) is 11.5 Å². The minimum atomic E-state index is -0.641. The molecule has 0 N–H and O–H groups in total. The molecule has 0 bridgehead atoms. The number of benzene rings is 1. The SMILES string of the molecule is C=CCc1oc(Cc2ccccc2)cc1OC(=O)C1(C=C(Br)Br)CC1(C)C. The van der Waals surface area contributed by atoms with E-state index in [9.17, 15) is 4.79 Å². The first-order valence-electron chi connectivity index (χ1n) is 8.80. The van der Waals surface area contributed by atoms with Gasteiger partial charge in [0.25, 0.3) is 0 Å². The molecular weight excluding hydrogens is 472 g/mol. The molecule has 3 rings (SSSR count). The molecule has 0 spiro atoms. The van der Waals surface area contributed by atoms with Gasteiger partial charge in [0.2, 0.25) is 0 Å². The van der Waals surface area contributed by atoms with Crippen LogP contribution in [0, 0.1) is 10.8 Å². The van der Waals surface area contributed by atoms with E-state index in [0.717, 1.165) is 21.1 Å². The summed E-state index contributed by atoms with van der Waals surface area (Å²) in [6, 6.07) is 11.9. The first-order valence-corrected chi connectivity index (χ1v) is 10.4. The van der Waals surface area contributed by atoms with Crippen molar-refractivity contribution < 1.29 is 13.9 Å². The maximum absolute atomic E-state index is 13.0. The molecule has 5 heteroatoms. The van der Waals surface area contributed by atoms with Gasteiger partial charge in [0.05, 0.1) is 8.81 Å². The third-order valence-corrected chi connectivity index (χ3v) is 5.56. The third kappa shape index (κ3) is 4.30. The summed E-state index contributed by atoms with van der Waals surface area (Å²) in [6.45, 7) is 7.90. The Morgan fingerprint density at radius 2 is 1.96 bits per heavy atom. The average molecular weight is 494 g/mol. The smallest absolute Gasteiger partial charge is 0.322 e. The molecule has 1 aromatic carbocycles. The first-order chi connectivity index (χ1) is 12.8. The summed E-state index contributed by atoms with van der Waals surface area (Å²) >= 11 is 6.75. The van der Waals surface area contributed by atoms with Crippen molar-refractivity contribution in [2.24, 2.45) is 10.8 Å². The van der Waals surface area contributed by atoms with E-state index in [1.54, 1.807) is 6.08 Å². The van der Waals surface area contributed by atoms with Crippen LogP contribution in [0.25, 0.3) is 0 Å². The number of esters is 1. The molecule has 0 aliphatic heterocycles. The van der Waals surface area contributed by atoms with Crippen LogP contribution in [0.5, 0.6) is 5.75 Å². The van der Waals surface area contributed by atoms with Crippen LogP contribution < -0.4 is 4.74 Å². The fourth-order valence-corrected chi connectivity index (χ4v) is 4.17. The van der Waals surface area contributed by atoms with Crippen LogP contribution in [-0.4, -0.2) is 5.97 Å². The van der Waals surface area contributed by atoms with Gasteiger partial charge in [-0.3, -0.25) is 4.79 Å². The van der Waals surface area contributed by atoms with E-state index in [-0.39, 0.29) is 11.4 Å². The predicted octanol–water partition coefficient (Wildman–Crippen LogP) is 6.55. The standard InChI is InChI=1S/C22H22Br2O3/c1-4-8-17-18(12-16(26-17)11-15-9-6-5-7-10-15)27-20(25)22(13-19(23)24)14-21(22,2)3/h4-7,9-10,12-13H,1,8,11,14H2,2-3H3. The van der Waals surface area contributed by atoms with Gasteiger partial charge in [-0.15, -0.1) is 6.58 Å². The number of carbonyl (C=O) groups is 1. The van der Waals surface area contributed by atoms with Crippen molar-refractivity contribution in [3.05, 3.63) is 75.6 Å². The van der Waals surface area contributed by atoms with Crippen LogP contribution in [-0.2, 0) is 17.6 Å². The fourth-order valence-electron chi connectivity index (χ4n) is 3.39. The van der Waals surface area contributed by atoms with Crippen LogP contribution in [0.3, 0.4) is 0 Å². The molecule has 2 aromatic rings. The van der Waals surface area contributed by atoms with Crippen molar-refractivity contribution in [1.82, 2.24) is 0 Å². The molecule has 1 saturated carbocycles. The molecule has 0 radical (unpaired) electrons. The van der Waals surface area contributed by atoms with Crippen LogP contribution in [0.15, 0.2) is 62.9 Å². The molecule has 1 heterocycles. The summed E-state index contributed by atoms with van der Waals surface area (Å²) in [7, 11) is 0. The second-order valence-corrected chi connectivity index (χ2v) is 10.3. The highest BCUT2D eigenvalue weighted by atomic mass is 79.9. The van der Waals surface area contributed by atoms with E-state index in [2.05, 4.69) is 52.3 Å². The number of halogens is 2. The van der Waals surface area contributed by atoms with Gasteiger partial charge in [0.1, 0.15) is 5.76 Å². The number of hydrogen-bond acceptors (Lipinski definition) is 3. The van der Waals surface area contributed by atoms with Crippen LogP contribution >= 0.6 is 31.9 Å². The van der Waals surface area contributed by atoms with Gasteiger partial charge in [-0.05, 0) is 55.3 Å². The molecule has 1 aromatic heterocycles. The van der Waals surface area contributed by atoms with Crippen molar-refractivity contribution >= 4 is 37.8 Å². The summed E-state index contributed by atoms with van der Waals surface area (Å²) in [5, 5.41) is 0. The zero-order valence-electron chi connectivity index (χ0n) is 15.4. The van der Waals surface area contributed by atoms with E-state index in [1.165, 1.54) is 0 Å². The predicted molar refractivity (Wildman–Crippen MR) is 114 cm³/mol. The minimum Gasteiger partial charge on any atom is -0.461 e. The van der Waals surface area contributed by atoms with E-state index in [4.69, 9.17) is 9.15 Å². The lowest BCUT2D eigenvalue weighted by Gasteiger charge is -2.15. The van der Waals surface area contributed by atoms with Crippen LogP contribution in [0.2, 0.25) is 0 Å². The van der Waals surface area contributed by atoms with Crippen molar-refractivity contribution in [1.29, 1.82) is 0 Å². The second kappa shape index (κ2) is 7.80. The lowest BCUT2D eigenvalue weighted by atomic mass is 9.96. The van der Waals surface area contributed by atoms with Gasteiger partial charge in [0, 0.05) is 18.9 Å². The average Bonchev–Trinajstić information content (AvgIpc) is 2.95. The molecule has 1 unspecified atom stereocenters. The zero-order valence-corrected chi connectivity index (χ0v) is 18.6. The molecule has 0 saturated heterocycles. The summed E-state index contributed by atoms with van der Waals surface area (Å²) in [5.74, 6) is 1.61. The normalized spacial score (nSPS) is 20.0.